The van der Waals surface area contributed by atoms with Crippen LogP contribution in [0.1, 0.15) is 21.5 Å². The summed E-state index contributed by atoms with van der Waals surface area (Å²) in [5.74, 6) is -1.29. The molecule has 0 aliphatic heterocycles. The number of rotatable bonds is 2. The molecular weight excluding hydrogens is 231 g/mol. The van der Waals surface area contributed by atoms with Crippen LogP contribution in [-0.2, 0) is 0 Å². The maximum absolute atomic E-state index is 13.3. The van der Waals surface area contributed by atoms with E-state index in [-0.39, 0.29) is 11.4 Å². The zero-order valence-corrected chi connectivity index (χ0v) is 10.2. The Kier molecular flexibility index (Phi) is 3.15. The highest BCUT2D eigenvalue weighted by Gasteiger charge is 2.12. The van der Waals surface area contributed by atoms with Crippen LogP contribution in [0.5, 0.6) is 0 Å². The largest absolute Gasteiger partial charge is 0.478 e. The van der Waals surface area contributed by atoms with Gasteiger partial charge in [-0.2, -0.15) is 0 Å². The molecule has 0 spiro atoms. The number of aromatic carboxylic acids is 1. The van der Waals surface area contributed by atoms with E-state index in [9.17, 15) is 9.18 Å². The summed E-state index contributed by atoms with van der Waals surface area (Å²) in [6.45, 7) is 3.62. The first-order chi connectivity index (χ1) is 8.50. The summed E-state index contributed by atoms with van der Waals surface area (Å²) >= 11 is 0. The summed E-state index contributed by atoms with van der Waals surface area (Å²) in [5.41, 5.74) is 3.31. The molecule has 0 unspecified atom stereocenters. The first-order valence-corrected chi connectivity index (χ1v) is 5.60. The number of carbonyl (C=O) groups is 1. The molecule has 2 rings (SSSR count). The van der Waals surface area contributed by atoms with Crippen LogP contribution in [0.4, 0.5) is 4.39 Å². The summed E-state index contributed by atoms with van der Waals surface area (Å²) in [6, 6.07) is 9.56. The normalized spacial score (nSPS) is 10.4. The van der Waals surface area contributed by atoms with Gasteiger partial charge in [-0.1, -0.05) is 18.2 Å². The Labute approximate surface area is 105 Å². The van der Waals surface area contributed by atoms with Gasteiger partial charge in [-0.15, -0.1) is 0 Å². The molecule has 2 aromatic rings. The van der Waals surface area contributed by atoms with Gasteiger partial charge < -0.3 is 5.11 Å². The number of hydrogen-bond donors (Lipinski definition) is 1. The summed E-state index contributed by atoms with van der Waals surface area (Å²) in [7, 11) is 0. The number of halogens is 1. The van der Waals surface area contributed by atoms with Crippen LogP contribution in [0, 0.1) is 19.7 Å². The van der Waals surface area contributed by atoms with Crippen molar-refractivity contribution in [3.05, 3.63) is 58.9 Å². The Balaban J connectivity index is 2.68. The van der Waals surface area contributed by atoms with Crippen molar-refractivity contribution in [2.24, 2.45) is 0 Å². The monoisotopic (exact) mass is 244 g/mol. The van der Waals surface area contributed by atoms with Crippen LogP contribution in [-0.4, -0.2) is 11.1 Å². The molecule has 0 saturated heterocycles. The van der Waals surface area contributed by atoms with Gasteiger partial charge >= 0.3 is 5.97 Å². The second-order valence-electron chi connectivity index (χ2n) is 4.24. The van der Waals surface area contributed by atoms with E-state index in [1.165, 1.54) is 12.1 Å². The molecule has 0 aromatic heterocycles. The predicted octanol–water partition coefficient (Wildman–Crippen LogP) is 3.81. The zero-order valence-electron chi connectivity index (χ0n) is 10.2. The SMILES string of the molecule is Cc1ccc(F)cc1-c1cccc(C(=O)O)c1C. The van der Waals surface area contributed by atoms with Crippen molar-refractivity contribution in [2.45, 2.75) is 13.8 Å². The fourth-order valence-corrected chi connectivity index (χ4v) is 2.04. The van der Waals surface area contributed by atoms with E-state index < -0.39 is 5.97 Å². The van der Waals surface area contributed by atoms with Gasteiger partial charge in [0, 0.05) is 0 Å². The molecule has 92 valence electrons. The Morgan fingerprint density at radius 3 is 2.50 bits per heavy atom. The smallest absolute Gasteiger partial charge is 0.335 e. The lowest BCUT2D eigenvalue weighted by Gasteiger charge is -2.11. The van der Waals surface area contributed by atoms with Crippen LogP contribution in [0.25, 0.3) is 11.1 Å². The maximum Gasteiger partial charge on any atom is 0.335 e. The molecule has 0 amide bonds. The minimum Gasteiger partial charge on any atom is -0.478 e. The van der Waals surface area contributed by atoms with Gasteiger partial charge in [0.15, 0.2) is 0 Å². The Bertz CT molecular complexity index is 618. The van der Waals surface area contributed by atoms with Gasteiger partial charge in [-0.3, -0.25) is 0 Å². The lowest BCUT2D eigenvalue weighted by atomic mass is 9.93. The first-order valence-electron chi connectivity index (χ1n) is 5.60. The average Bonchev–Trinajstić information content (AvgIpc) is 2.32. The third-order valence-corrected chi connectivity index (χ3v) is 3.05. The molecule has 1 N–H and O–H groups in total. The van der Waals surface area contributed by atoms with Gasteiger partial charge in [0.1, 0.15) is 5.82 Å². The van der Waals surface area contributed by atoms with E-state index in [1.807, 2.05) is 13.0 Å². The summed E-state index contributed by atoms with van der Waals surface area (Å²) < 4.78 is 13.3. The van der Waals surface area contributed by atoms with Crippen LogP contribution in [0.2, 0.25) is 0 Å². The lowest BCUT2D eigenvalue weighted by Crippen LogP contribution is -2.01. The molecule has 0 saturated carbocycles. The van der Waals surface area contributed by atoms with E-state index in [0.29, 0.717) is 5.56 Å². The molecule has 18 heavy (non-hydrogen) atoms. The third-order valence-electron chi connectivity index (χ3n) is 3.05. The summed E-state index contributed by atoms with van der Waals surface area (Å²) in [5, 5.41) is 9.09. The van der Waals surface area contributed by atoms with Crippen molar-refractivity contribution in [3.8, 4) is 11.1 Å². The first kappa shape index (κ1) is 12.3. The molecule has 0 aliphatic rings. The third kappa shape index (κ3) is 2.12. The van der Waals surface area contributed by atoms with E-state index in [4.69, 9.17) is 5.11 Å². The van der Waals surface area contributed by atoms with Crippen molar-refractivity contribution >= 4 is 5.97 Å². The van der Waals surface area contributed by atoms with E-state index in [2.05, 4.69) is 0 Å². The quantitative estimate of drug-likeness (QED) is 0.872. The molecule has 2 aromatic carbocycles. The van der Waals surface area contributed by atoms with Gasteiger partial charge in [-0.25, -0.2) is 9.18 Å². The summed E-state index contributed by atoms with van der Waals surface area (Å²) in [4.78, 5) is 11.1. The number of carboxylic acid groups (broad SMARTS) is 1. The summed E-state index contributed by atoms with van der Waals surface area (Å²) in [6.07, 6.45) is 0. The molecule has 0 atom stereocenters. The highest BCUT2D eigenvalue weighted by Crippen LogP contribution is 2.29. The van der Waals surface area contributed by atoms with Crippen LogP contribution in [0.15, 0.2) is 36.4 Å². The molecule has 2 nitrogen and oxygen atoms in total. The number of aryl methyl sites for hydroxylation is 1. The molecular formula is C15H13FO2. The minimum atomic E-state index is -0.969. The van der Waals surface area contributed by atoms with E-state index >= 15 is 0 Å². The highest BCUT2D eigenvalue weighted by molar-refractivity contribution is 5.92. The van der Waals surface area contributed by atoms with Gasteiger partial charge in [0.25, 0.3) is 0 Å². The molecule has 3 heteroatoms. The van der Waals surface area contributed by atoms with Crippen molar-refractivity contribution < 1.29 is 14.3 Å². The molecule has 0 bridgehead atoms. The van der Waals surface area contributed by atoms with E-state index in [0.717, 1.165) is 16.7 Å². The minimum absolute atomic E-state index is 0.246. The van der Waals surface area contributed by atoms with Crippen LogP contribution >= 0.6 is 0 Å². The van der Waals surface area contributed by atoms with Crippen molar-refractivity contribution in [3.63, 3.8) is 0 Å². The van der Waals surface area contributed by atoms with Crippen LogP contribution in [0.3, 0.4) is 0 Å². The van der Waals surface area contributed by atoms with E-state index in [1.54, 1.807) is 25.1 Å². The Hall–Kier alpha value is -2.16. The Morgan fingerprint density at radius 2 is 1.83 bits per heavy atom. The van der Waals surface area contributed by atoms with Gasteiger partial charge in [-0.05, 0) is 54.3 Å². The molecule has 0 heterocycles. The Morgan fingerprint density at radius 1 is 1.11 bits per heavy atom. The molecule has 0 aliphatic carbocycles. The fourth-order valence-electron chi connectivity index (χ4n) is 2.04. The number of hydrogen-bond acceptors (Lipinski definition) is 1. The second kappa shape index (κ2) is 4.61. The van der Waals surface area contributed by atoms with Gasteiger partial charge in [0.2, 0.25) is 0 Å². The zero-order chi connectivity index (χ0) is 13.3. The van der Waals surface area contributed by atoms with Crippen molar-refractivity contribution in [2.75, 3.05) is 0 Å². The fraction of sp³-hybridized carbons (Fsp3) is 0.133. The highest BCUT2D eigenvalue weighted by atomic mass is 19.1. The maximum atomic E-state index is 13.3. The number of carboxylic acids is 1. The molecule has 0 radical (unpaired) electrons. The topological polar surface area (TPSA) is 37.3 Å². The van der Waals surface area contributed by atoms with Gasteiger partial charge in [0.05, 0.1) is 5.56 Å². The van der Waals surface area contributed by atoms with Crippen molar-refractivity contribution in [1.29, 1.82) is 0 Å². The lowest BCUT2D eigenvalue weighted by molar-refractivity contribution is 0.0696. The second-order valence-corrected chi connectivity index (χ2v) is 4.24. The molecule has 0 fully saturated rings. The predicted molar refractivity (Wildman–Crippen MR) is 68.3 cm³/mol. The number of benzene rings is 2. The standard InChI is InChI=1S/C15H13FO2/c1-9-6-7-11(16)8-14(9)12-4-3-5-13(10(12)2)15(17)18/h3-8H,1-2H3,(H,17,18). The van der Waals surface area contributed by atoms with Crippen LogP contribution < -0.4 is 0 Å². The average molecular weight is 244 g/mol. The van der Waals surface area contributed by atoms with Crippen molar-refractivity contribution in [1.82, 2.24) is 0 Å².